The average Bonchev–Trinajstić information content (AvgIpc) is 2.37. The summed E-state index contributed by atoms with van der Waals surface area (Å²) in [4.78, 5) is 0. The summed E-state index contributed by atoms with van der Waals surface area (Å²) in [5, 5.41) is 3.22. The molecule has 0 fully saturated rings. The van der Waals surface area contributed by atoms with Gasteiger partial charge in [0.25, 0.3) is 6.43 Å². The van der Waals surface area contributed by atoms with E-state index < -0.39 is 13.0 Å². The van der Waals surface area contributed by atoms with Crippen LogP contribution in [0.3, 0.4) is 0 Å². The fraction of sp³-hybridized carbons (Fsp3) is 0.571. The molecule has 2 nitrogen and oxygen atoms in total. The third kappa shape index (κ3) is 6.72. The van der Waals surface area contributed by atoms with E-state index in [1.807, 2.05) is 6.92 Å². The molecule has 6 heteroatoms. The Labute approximate surface area is 125 Å². The zero-order chi connectivity index (χ0) is 15.0. The summed E-state index contributed by atoms with van der Waals surface area (Å²) in [5.41, 5.74) is 0.605. The van der Waals surface area contributed by atoms with Gasteiger partial charge in [-0.1, -0.05) is 28.9 Å². The number of benzene rings is 1. The maximum absolute atomic E-state index is 13.8. The molecule has 1 atom stereocenters. The van der Waals surface area contributed by atoms with Gasteiger partial charge in [0.2, 0.25) is 0 Å². The predicted molar refractivity (Wildman–Crippen MR) is 76.7 cm³/mol. The van der Waals surface area contributed by atoms with E-state index in [1.165, 1.54) is 6.07 Å². The molecule has 0 heterocycles. The summed E-state index contributed by atoms with van der Waals surface area (Å²) in [7, 11) is 0. The van der Waals surface area contributed by atoms with Gasteiger partial charge < -0.3 is 10.1 Å². The molecular weight excluding hydrogens is 335 g/mol. The van der Waals surface area contributed by atoms with Crippen molar-refractivity contribution in [1.29, 1.82) is 0 Å². The number of alkyl halides is 2. The zero-order valence-corrected chi connectivity index (χ0v) is 12.9. The molecule has 1 unspecified atom stereocenters. The predicted octanol–water partition coefficient (Wildman–Crippen LogP) is 3.78. The molecular formula is C14H19BrF3NO. The summed E-state index contributed by atoms with van der Waals surface area (Å²) in [6.07, 6.45) is -1.38. The molecule has 20 heavy (non-hydrogen) atoms. The summed E-state index contributed by atoms with van der Waals surface area (Å²) >= 11 is 3.21. The van der Waals surface area contributed by atoms with Crippen molar-refractivity contribution in [2.45, 2.75) is 32.2 Å². The first-order valence-electron chi connectivity index (χ1n) is 6.56. The number of ether oxygens (including phenoxy) is 1. The van der Waals surface area contributed by atoms with Gasteiger partial charge in [-0.05, 0) is 37.1 Å². The fourth-order valence-electron chi connectivity index (χ4n) is 1.92. The van der Waals surface area contributed by atoms with Crippen LogP contribution in [0.25, 0.3) is 0 Å². The van der Waals surface area contributed by atoms with Gasteiger partial charge in [0.05, 0.1) is 0 Å². The van der Waals surface area contributed by atoms with Gasteiger partial charge in [0, 0.05) is 17.1 Å². The van der Waals surface area contributed by atoms with Crippen LogP contribution in [0.15, 0.2) is 22.7 Å². The highest BCUT2D eigenvalue weighted by molar-refractivity contribution is 9.10. The second kappa shape index (κ2) is 9.37. The number of halogens is 4. The van der Waals surface area contributed by atoms with Crippen molar-refractivity contribution >= 4 is 15.9 Å². The Morgan fingerprint density at radius 1 is 1.35 bits per heavy atom. The van der Waals surface area contributed by atoms with Crippen molar-refractivity contribution in [3.8, 4) is 0 Å². The van der Waals surface area contributed by atoms with Crippen LogP contribution in [-0.2, 0) is 11.2 Å². The normalized spacial score (nSPS) is 12.9. The minimum absolute atomic E-state index is 0.00773. The first-order valence-corrected chi connectivity index (χ1v) is 7.35. The summed E-state index contributed by atoms with van der Waals surface area (Å²) < 4.78 is 43.2. The molecule has 0 saturated carbocycles. The quantitative estimate of drug-likeness (QED) is 0.682. The second-order valence-corrected chi connectivity index (χ2v) is 5.36. The molecule has 1 N–H and O–H groups in total. The smallest absolute Gasteiger partial charge is 0.261 e. The molecule has 0 amide bonds. The molecule has 1 rings (SSSR count). The SMILES string of the molecule is CCNC(CCOCC(F)F)Cc1ccc(Br)cc1F. The molecule has 0 aliphatic carbocycles. The standard InChI is InChI=1S/C14H19BrF3NO/c1-2-19-12(5-6-20-9-14(17)18)7-10-3-4-11(15)8-13(10)16/h3-4,8,12,14,19H,2,5-7,9H2,1H3. The Morgan fingerprint density at radius 2 is 2.10 bits per heavy atom. The third-order valence-electron chi connectivity index (χ3n) is 2.83. The topological polar surface area (TPSA) is 21.3 Å². The van der Waals surface area contributed by atoms with Crippen molar-refractivity contribution in [3.05, 3.63) is 34.1 Å². The lowest BCUT2D eigenvalue weighted by molar-refractivity contribution is 0.0144. The number of hydrogen-bond acceptors (Lipinski definition) is 2. The van der Waals surface area contributed by atoms with Crippen LogP contribution in [0, 0.1) is 5.82 Å². The van der Waals surface area contributed by atoms with Gasteiger partial charge in [0.1, 0.15) is 12.4 Å². The van der Waals surface area contributed by atoms with Crippen molar-refractivity contribution in [2.75, 3.05) is 19.8 Å². The van der Waals surface area contributed by atoms with Crippen LogP contribution in [0.2, 0.25) is 0 Å². The van der Waals surface area contributed by atoms with E-state index >= 15 is 0 Å². The highest BCUT2D eigenvalue weighted by Crippen LogP contribution is 2.17. The fourth-order valence-corrected chi connectivity index (χ4v) is 2.25. The molecule has 0 spiro atoms. The highest BCUT2D eigenvalue weighted by Gasteiger charge is 2.12. The van der Waals surface area contributed by atoms with Crippen molar-refractivity contribution in [3.63, 3.8) is 0 Å². The number of hydrogen-bond donors (Lipinski definition) is 1. The molecule has 114 valence electrons. The molecule has 1 aromatic carbocycles. The Balaban J connectivity index is 2.49. The first-order chi connectivity index (χ1) is 9.52. The Bertz CT molecular complexity index is 404. The lowest BCUT2D eigenvalue weighted by Gasteiger charge is -2.18. The third-order valence-corrected chi connectivity index (χ3v) is 3.32. The minimum atomic E-state index is -2.45. The molecule has 0 aliphatic rings. The second-order valence-electron chi connectivity index (χ2n) is 4.45. The summed E-state index contributed by atoms with van der Waals surface area (Å²) in [5.74, 6) is -0.268. The molecule has 1 aromatic rings. The van der Waals surface area contributed by atoms with Crippen molar-refractivity contribution < 1.29 is 17.9 Å². The van der Waals surface area contributed by atoms with Gasteiger partial charge >= 0.3 is 0 Å². The zero-order valence-electron chi connectivity index (χ0n) is 11.3. The van der Waals surface area contributed by atoms with Crippen LogP contribution in [0.4, 0.5) is 13.2 Å². The first kappa shape index (κ1) is 17.5. The van der Waals surface area contributed by atoms with Gasteiger partial charge in [0.15, 0.2) is 0 Å². The number of nitrogens with one attached hydrogen (secondary N) is 1. The van der Waals surface area contributed by atoms with E-state index in [0.29, 0.717) is 22.9 Å². The highest BCUT2D eigenvalue weighted by atomic mass is 79.9. The summed E-state index contributed by atoms with van der Waals surface area (Å²) in [6.45, 7) is 2.37. The number of likely N-dealkylation sites (N-methyl/N-ethyl adjacent to an activating group) is 1. The largest absolute Gasteiger partial charge is 0.375 e. The van der Waals surface area contributed by atoms with Crippen LogP contribution in [0.1, 0.15) is 18.9 Å². The lowest BCUT2D eigenvalue weighted by Crippen LogP contribution is -2.32. The van der Waals surface area contributed by atoms with E-state index in [1.54, 1.807) is 12.1 Å². The van der Waals surface area contributed by atoms with Gasteiger partial charge in [-0.2, -0.15) is 0 Å². The van der Waals surface area contributed by atoms with Crippen LogP contribution in [0.5, 0.6) is 0 Å². The van der Waals surface area contributed by atoms with Crippen LogP contribution in [-0.4, -0.2) is 32.2 Å². The molecule has 0 radical (unpaired) electrons. The van der Waals surface area contributed by atoms with Gasteiger partial charge in [-0.15, -0.1) is 0 Å². The van der Waals surface area contributed by atoms with Crippen LogP contribution < -0.4 is 5.32 Å². The van der Waals surface area contributed by atoms with E-state index in [0.717, 1.165) is 6.54 Å². The summed E-state index contributed by atoms with van der Waals surface area (Å²) in [6, 6.07) is 4.94. The minimum Gasteiger partial charge on any atom is -0.375 e. The monoisotopic (exact) mass is 353 g/mol. The van der Waals surface area contributed by atoms with Crippen LogP contribution >= 0.6 is 15.9 Å². The van der Waals surface area contributed by atoms with Crippen molar-refractivity contribution in [1.82, 2.24) is 5.32 Å². The van der Waals surface area contributed by atoms with E-state index in [4.69, 9.17) is 4.74 Å². The molecule has 0 aromatic heterocycles. The van der Waals surface area contributed by atoms with E-state index in [9.17, 15) is 13.2 Å². The number of rotatable bonds is 9. The molecule has 0 bridgehead atoms. The maximum atomic E-state index is 13.8. The van der Waals surface area contributed by atoms with E-state index in [-0.39, 0.29) is 18.5 Å². The molecule has 0 aliphatic heterocycles. The lowest BCUT2D eigenvalue weighted by atomic mass is 10.0. The Morgan fingerprint density at radius 3 is 2.70 bits per heavy atom. The Kier molecular flexibility index (Phi) is 8.18. The van der Waals surface area contributed by atoms with Gasteiger partial charge in [-0.25, -0.2) is 13.2 Å². The molecule has 0 saturated heterocycles. The average molecular weight is 354 g/mol. The Hall–Kier alpha value is -0.590. The van der Waals surface area contributed by atoms with Crippen molar-refractivity contribution in [2.24, 2.45) is 0 Å². The van der Waals surface area contributed by atoms with E-state index in [2.05, 4.69) is 21.2 Å². The maximum Gasteiger partial charge on any atom is 0.261 e. The van der Waals surface area contributed by atoms with Gasteiger partial charge in [-0.3, -0.25) is 0 Å².